The van der Waals surface area contributed by atoms with Crippen LogP contribution in [0, 0.1) is 0 Å². The Kier molecular flexibility index (Phi) is 24.5. The van der Waals surface area contributed by atoms with Crippen molar-refractivity contribution in [2.24, 2.45) is 0 Å². The normalized spacial score (nSPS) is 11.1. The minimum atomic E-state index is -0.0440. The molecule has 268 valence electrons. The number of unbranched alkanes of at least 4 members (excludes halogenated alkanes) is 2. The van der Waals surface area contributed by atoms with Crippen LogP contribution in [0.1, 0.15) is 64.0 Å². The zero-order chi connectivity index (χ0) is 33.6. The number of rotatable bonds is 32. The molecule has 0 aromatic heterocycles. The molecule has 0 aliphatic carbocycles. The first-order chi connectivity index (χ1) is 23.2. The Morgan fingerprint density at radius 3 is 1.15 bits per heavy atom. The van der Waals surface area contributed by atoms with Gasteiger partial charge in [-0.15, -0.1) is 0 Å². The van der Waals surface area contributed by atoms with Gasteiger partial charge >= 0.3 is 0 Å². The molecule has 0 atom stereocenters. The Morgan fingerprint density at radius 2 is 0.766 bits per heavy atom. The maximum Gasteiger partial charge on any atom is 0.161 e. The number of hydrogen-bond acceptors (Lipinski definition) is 10. The summed E-state index contributed by atoms with van der Waals surface area (Å²) in [7, 11) is 0. The van der Waals surface area contributed by atoms with E-state index in [0.29, 0.717) is 96.5 Å². The van der Waals surface area contributed by atoms with E-state index in [1.54, 1.807) is 0 Å². The van der Waals surface area contributed by atoms with E-state index < -0.39 is 0 Å². The summed E-state index contributed by atoms with van der Waals surface area (Å²) in [6, 6.07) is 12.1. The van der Waals surface area contributed by atoms with Crippen molar-refractivity contribution in [3.63, 3.8) is 0 Å². The zero-order valence-corrected chi connectivity index (χ0v) is 29.1. The Hall–Kier alpha value is -2.60. The fourth-order valence-electron chi connectivity index (χ4n) is 4.44. The van der Waals surface area contributed by atoms with Crippen LogP contribution in [0.25, 0.3) is 0 Å². The molecule has 47 heavy (non-hydrogen) atoms. The highest BCUT2D eigenvalue weighted by atomic mass is 16.6. The summed E-state index contributed by atoms with van der Waals surface area (Å²) in [4.78, 5) is 0. The summed E-state index contributed by atoms with van der Waals surface area (Å²) < 4.78 is 51.5. The van der Waals surface area contributed by atoms with Crippen molar-refractivity contribution < 1.29 is 47.7 Å². The topological polar surface area (TPSA) is 103 Å². The van der Waals surface area contributed by atoms with Gasteiger partial charge in [0, 0.05) is 6.61 Å². The van der Waals surface area contributed by atoms with Gasteiger partial charge in [0.2, 0.25) is 0 Å². The lowest BCUT2D eigenvalue weighted by atomic mass is 10.1. The van der Waals surface area contributed by atoms with Crippen LogP contribution < -0.4 is 18.9 Å². The predicted octanol–water partition coefficient (Wildman–Crippen LogP) is 6.07. The van der Waals surface area contributed by atoms with E-state index in [9.17, 15) is 0 Å². The maximum absolute atomic E-state index is 9.14. The minimum Gasteiger partial charge on any atom is -0.487 e. The number of hydrogen-bond donors (Lipinski definition) is 1. The molecule has 0 aliphatic heterocycles. The quantitative estimate of drug-likeness (QED) is 0.0927. The van der Waals surface area contributed by atoms with Crippen molar-refractivity contribution in [1.29, 1.82) is 0 Å². The molecule has 0 saturated carbocycles. The van der Waals surface area contributed by atoms with Crippen LogP contribution in [0.4, 0.5) is 0 Å². The molecule has 0 amide bonds. The average Bonchev–Trinajstić information content (AvgIpc) is 3.09. The van der Waals surface area contributed by atoms with Crippen molar-refractivity contribution in [1.82, 2.24) is 0 Å². The molecule has 0 spiro atoms. The molecular formula is C37H60O10. The minimum absolute atomic E-state index is 0.0440. The van der Waals surface area contributed by atoms with Gasteiger partial charge < -0.3 is 47.7 Å². The van der Waals surface area contributed by atoms with Crippen molar-refractivity contribution in [3.8, 4) is 23.0 Å². The van der Waals surface area contributed by atoms with Gasteiger partial charge in [-0.25, -0.2) is 0 Å². The maximum atomic E-state index is 9.14. The molecule has 2 aromatic rings. The molecule has 10 heteroatoms. The molecule has 1 N–H and O–H groups in total. The molecule has 2 rings (SSSR count). The predicted molar refractivity (Wildman–Crippen MR) is 184 cm³/mol. The van der Waals surface area contributed by atoms with Crippen molar-refractivity contribution in [3.05, 3.63) is 47.5 Å². The van der Waals surface area contributed by atoms with Gasteiger partial charge in [-0.1, -0.05) is 45.7 Å². The van der Waals surface area contributed by atoms with Crippen LogP contribution in [0.15, 0.2) is 36.4 Å². The smallest absolute Gasteiger partial charge is 0.161 e. The monoisotopic (exact) mass is 664 g/mol. The van der Waals surface area contributed by atoms with Crippen LogP contribution in [0.2, 0.25) is 0 Å². The van der Waals surface area contributed by atoms with Gasteiger partial charge in [-0.2, -0.15) is 0 Å². The lowest BCUT2D eigenvalue weighted by molar-refractivity contribution is 0.00464. The van der Waals surface area contributed by atoms with Gasteiger partial charge in [-0.05, 0) is 67.5 Å². The highest BCUT2D eigenvalue weighted by molar-refractivity contribution is 5.44. The van der Waals surface area contributed by atoms with E-state index in [-0.39, 0.29) is 13.2 Å². The second-order valence-corrected chi connectivity index (χ2v) is 10.9. The third-order valence-electron chi connectivity index (χ3n) is 6.92. The molecule has 10 nitrogen and oxygen atoms in total. The summed E-state index contributed by atoms with van der Waals surface area (Å²) in [5, 5.41) is 9.14. The number of aliphatic hydroxyl groups is 1. The molecule has 0 heterocycles. The first-order valence-electron chi connectivity index (χ1n) is 17.5. The van der Waals surface area contributed by atoms with E-state index in [4.69, 9.17) is 47.7 Å². The fourth-order valence-corrected chi connectivity index (χ4v) is 4.44. The van der Waals surface area contributed by atoms with Crippen molar-refractivity contribution >= 4 is 0 Å². The molecule has 0 unspecified atom stereocenters. The van der Waals surface area contributed by atoms with E-state index in [2.05, 4.69) is 39.0 Å². The van der Waals surface area contributed by atoms with Gasteiger partial charge in [0.1, 0.15) is 26.4 Å². The van der Waals surface area contributed by atoms with E-state index in [1.165, 1.54) is 11.1 Å². The van der Waals surface area contributed by atoms with Crippen LogP contribution >= 0.6 is 0 Å². The van der Waals surface area contributed by atoms with Gasteiger partial charge in [0.05, 0.1) is 66.1 Å². The Balaban J connectivity index is 1.56. The Bertz CT molecular complexity index is 1020. The molecule has 0 bridgehead atoms. The lowest BCUT2D eigenvalue weighted by Gasteiger charge is -2.15. The van der Waals surface area contributed by atoms with Crippen LogP contribution in [-0.4, -0.2) is 104 Å². The fraction of sp³-hybridized carbons (Fsp3) is 0.676. The van der Waals surface area contributed by atoms with Crippen LogP contribution in [0.5, 0.6) is 23.0 Å². The standard InChI is InChI=1S/C37H60O10/c1-4-7-9-32-11-13-34(36(30-32)44-17-15-38)45-27-25-42-22-20-40-21-23-43-26-29-47-37-31-33(10-8-5-2)12-14-35(37)46-28-24-41-19-18-39-16-6-3/h11-14,30-31,38H,4-10,15-29H2,1-3H3. The number of aliphatic hydroxyl groups excluding tert-OH is 1. The first-order valence-corrected chi connectivity index (χ1v) is 17.5. The summed E-state index contributed by atoms with van der Waals surface area (Å²) >= 11 is 0. The number of ether oxygens (including phenoxy) is 9. The van der Waals surface area contributed by atoms with E-state index in [1.807, 2.05) is 18.2 Å². The summed E-state index contributed by atoms with van der Waals surface area (Å²) in [5.41, 5.74) is 2.43. The molecule has 0 saturated heterocycles. The summed E-state index contributed by atoms with van der Waals surface area (Å²) in [6.45, 7) is 13.0. The SMILES string of the molecule is CCCCc1ccc(OCCOCCOCCOCCOc2cc(CCCC)ccc2OCCOCCOCCC)c(OCCO)c1. The van der Waals surface area contributed by atoms with Crippen molar-refractivity contribution in [2.45, 2.75) is 65.7 Å². The second kappa shape index (κ2) is 28.4. The number of aryl methyl sites for hydroxylation is 2. The first kappa shape index (κ1) is 40.6. The van der Waals surface area contributed by atoms with E-state index in [0.717, 1.165) is 57.3 Å². The summed E-state index contributed by atoms with van der Waals surface area (Å²) in [6.07, 6.45) is 7.53. The third-order valence-corrected chi connectivity index (χ3v) is 6.92. The molecule has 0 aliphatic rings. The Labute approximate surface area is 282 Å². The Morgan fingerprint density at radius 1 is 0.404 bits per heavy atom. The molecule has 0 radical (unpaired) electrons. The summed E-state index contributed by atoms with van der Waals surface area (Å²) in [5.74, 6) is 2.74. The average molecular weight is 665 g/mol. The highest BCUT2D eigenvalue weighted by Gasteiger charge is 2.09. The number of benzene rings is 2. The molecule has 2 aromatic carbocycles. The highest BCUT2D eigenvalue weighted by Crippen LogP contribution is 2.30. The van der Waals surface area contributed by atoms with Crippen LogP contribution in [0.3, 0.4) is 0 Å². The van der Waals surface area contributed by atoms with Crippen LogP contribution in [-0.2, 0) is 36.5 Å². The van der Waals surface area contributed by atoms with Gasteiger partial charge in [-0.3, -0.25) is 0 Å². The third kappa shape index (κ3) is 19.7. The largest absolute Gasteiger partial charge is 0.487 e. The van der Waals surface area contributed by atoms with E-state index >= 15 is 0 Å². The van der Waals surface area contributed by atoms with Gasteiger partial charge in [0.15, 0.2) is 23.0 Å². The van der Waals surface area contributed by atoms with Crippen molar-refractivity contribution in [2.75, 3.05) is 99.1 Å². The second-order valence-electron chi connectivity index (χ2n) is 10.9. The van der Waals surface area contributed by atoms with Gasteiger partial charge in [0.25, 0.3) is 0 Å². The molecule has 0 fully saturated rings. The molecular weight excluding hydrogens is 604 g/mol. The lowest BCUT2D eigenvalue weighted by Crippen LogP contribution is -2.15. The zero-order valence-electron chi connectivity index (χ0n) is 29.1.